The standard InChI is InChI=1S/C10H14N2O/c1-8(12-7-13)9-3-5-10(11-2)6-4-9/h3-8,11H,1-2H3,(H,12,13)/t8-/m1/s1. The maximum atomic E-state index is 10.2. The molecule has 1 rings (SSSR count). The lowest BCUT2D eigenvalue weighted by atomic mass is 10.1. The van der Waals surface area contributed by atoms with Gasteiger partial charge in [-0.1, -0.05) is 12.1 Å². The highest BCUT2D eigenvalue weighted by molar-refractivity contribution is 5.49. The molecule has 0 bridgehead atoms. The summed E-state index contributed by atoms with van der Waals surface area (Å²) in [5, 5.41) is 5.73. The molecule has 0 radical (unpaired) electrons. The van der Waals surface area contributed by atoms with Crippen molar-refractivity contribution in [3.63, 3.8) is 0 Å². The lowest BCUT2D eigenvalue weighted by Crippen LogP contribution is -2.15. The summed E-state index contributed by atoms with van der Waals surface area (Å²) in [6, 6.07) is 8.03. The monoisotopic (exact) mass is 178 g/mol. The number of hydrogen-bond donors (Lipinski definition) is 2. The van der Waals surface area contributed by atoms with E-state index in [0.717, 1.165) is 17.7 Å². The first kappa shape index (κ1) is 9.58. The maximum absolute atomic E-state index is 10.2. The number of benzene rings is 1. The van der Waals surface area contributed by atoms with Crippen LogP contribution in [0.5, 0.6) is 0 Å². The number of carbonyl (C=O) groups is 1. The Balaban J connectivity index is 2.73. The fourth-order valence-corrected chi connectivity index (χ4v) is 1.14. The molecule has 1 aromatic rings. The van der Waals surface area contributed by atoms with E-state index >= 15 is 0 Å². The van der Waals surface area contributed by atoms with Gasteiger partial charge in [-0.2, -0.15) is 0 Å². The van der Waals surface area contributed by atoms with E-state index in [1.54, 1.807) is 0 Å². The number of hydrogen-bond acceptors (Lipinski definition) is 2. The highest BCUT2D eigenvalue weighted by Gasteiger charge is 2.01. The summed E-state index contributed by atoms with van der Waals surface area (Å²) in [5.74, 6) is 0. The Labute approximate surface area is 78.2 Å². The molecule has 0 saturated heterocycles. The van der Waals surface area contributed by atoms with Gasteiger partial charge >= 0.3 is 0 Å². The van der Waals surface area contributed by atoms with Crippen LogP contribution in [0.25, 0.3) is 0 Å². The van der Waals surface area contributed by atoms with E-state index in [4.69, 9.17) is 0 Å². The predicted molar refractivity (Wildman–Crippen MR) is 53.6 cm³/mol. The Morgan fingerprint density at radius 2 is 1.92 bits per heavy atom. The van der Waals surface area contributed by atoms with Crippen molar-refractivity contribution in [2.24, 2.45) is 0 Å². The fourth-order valence-electron chi connectivity index (χ4n) is 1.14. The van der Waals surface area contributed by atoms with E-state index < -0.39 is 0 Å². The maximum Gasteiger partial charge on any atom is 0.207 e. The van der Waals surface area contributed by atoms with Gasteiger partial charge in [0, 0.05) is 12.7 Å². The Kier molecular flexibility index (Phi) is 3.31. The first-order valence-electron chi connectivity index (χ1n) is 4.25. The van der Waals surface area contributed by atoms with Gasteiger partial charge in [-0.15, -0.1) is 0 Å². The van der Waals surface area contributed by atoms with Crippen molar-refractivity contribution in [2.75, 3.05) is 12.4 Å². The van der Waals surface area contributed by atoms with Crippen molar-refractivity contribution in [1.29, 1.82) is 0 Å². The van der Waals surface area contributed by atoms with Crippen molar-refractivity contribution in [1.82, 2.24) is 5.32 Å². The Hall–Kier alpha value is -1.51. The van der Waals surface area contributed by atoms with Gasteiger partial charge in [-0.25, -0.2) is 0 Å². The molecule has 0 saturated carbocycles. The lowest BCUT2D eigenvalue weighted by Gasteiger charge is -2.10. The van der Waals surface area contributed by atoms with Gasteiger partial charge in [0.25, 0.3) is 0 Å². The molecular formula is C10H14N2O. The first-order valence-corrected chi connectivity index (χ1v) is 4.25. The number of amides is 1. The highest BCUT2D eigenvalue weighted by Crippen LogP contribution is 2.14. The zero-order valence-corrected chi connectivity index (χ0v) is 7.87. The molecule has 70 valence electrons. The minimum atomic E-state index is 0.0726. The van der Waals surface area contributed by atoms with Gasteiger partial charge in [0.15, 0.2) is 0 Å². The third-order valence-corrected chi connectivity index (χ3v) is 2.02. The van der Waals surface area contributed by atoms with E-state index in [1.165, 1.54) is 0 Å². The van der Waals surface area contributed by atoms with E-state index in [1.807, 2.05) is 38.2 Å². The van der Waals surface area contributed by atoms with Crippen LogP contribution in [0.15, 0.2) is 24.3 Å². The molecule has 0 aliphatic heterocycles. The molecule has 0 heterocycles. The van der Waals surface area contributed by atoms with Crippen molar-refractivity contribution in [3.8, 4) is 0 Å². The van der Waals surface area contributed by atoms with Crippen LogP contribution in [0.2, 0.25) is 0 Å². The molecule has 0 unspecified atom stereocenters. The summed E-state index contributed by atoms with van der Waals surface area (Å²) in [6.07, 6.45) is 0.719. The van der Waals surface area contributed by atoms with Gasteiger partial charge in [-0.05, 0) is 24.6 Å². The Bertz CT molecular complexity index is 269. The zero-order chi connectivity index (χ0) is 9.68. The molecule has 0 aliphatic rings. The normalized spacial score (nSPS) is 11.8. The molecule has 2 N–H and O–H groups in total. The number of rotatable bonds is 4. The van der Waals surface area contributed by atoms with Crippen LogP contribution in [0.1, 0.15) is 18.5 Å². The van der Waals surface area contributed by atoms with Crippen molar-refractivity contribution < 1.29 is 4.79 Å². The Morgan fingerprint density at radius 1 is 1.31 bits per heavy atom. The fraction of sp³-hybridized carbons (Fsp3) is 0.300. The molecule has 0 aromatic heterocycles. The molecule has 0 spiro atoms. The number of anilines is 1. The summed E-state index contributed by atoms with van der Waals surface area (Å²) in [4.78, 5) is 10.2. The SMILES string of the molecule is CNc1ccc([C@@H](C)NC=O)cc1. The molecule has 3 nitrogen and oxygen atoms in total. The third-order valence-electron chi connectivity index (χ3n) is 2.02. The molecular weight excluding hydrogens is 164 g/mol. The van der Waals surface area contributed by atoms with Gasteiger partial charge in [0.2, 0.25) is 6.41 Å². The zero-order valence-electron chi connectivity index (χ0n) is 7.87. The summed E-state index contributed by atoms with van der Waals surface area (Å²) in [7, 11) is 1.88. The number of carbonyl (C=O) groups excluding carboxylic acids is 1. The van der Waals surface area contributed by atoms with Crippen LogP contribution in [0, 0.1) is 0 Å². The van der Waals surface area contributed by atoms with E-state index in [-0.39, 0.29) is 6.04 Å². The second kappa shape index (κ2) is 4.50. The minimum Gasteiger partial charge on any atom is -0.388 e. The second-order valence-corrected chi connectivity index (χ2v) is 2.88. The van der Waals surface area contributed by atoms with Crippen LogP contribution in [0.4, 0.5) is 5.69 Å². The summed E-state index contributed by atoms with van der Waals surface area (Å²) >= 11 is 0. The van der Waals surface area contributed by atoms with Gasteiger partial charge in [0.1, 0.15) is 0 Å². The molecule has 1 atom stereocenters. The van der Waals surface area contributed by atoms with E-state index in [9.17, 15) is 4.79 Å². The molecule has 1 amide bonds. The predicted octanol–water partition coefficient (Wildman–Crippen LogP) is 1.54. The van der Waals surface area contributed by atoms with Gasteiger partial charge in [-0.3, -0.25) is 4.79 Å². The Morgan fingerprint density at radius 3 is 2.38 bits per heavy atom. The van der Waals surface area contributed by atoms with Crippen LogP contribution in [-0.2, 0) is 4.79 Å². The average Bonchev–Trinajstić information content (AvgIpc) is 2.18. The largest absolute Gasteiger partial charge is 0.388 e. The van der Waals surface area contributed by atoms with Crippen LogP contribution >= 0.6 is 0 Å². The van der Waals surface area contributed by atoms with E-state index in [2.05, 4.69) is 10.6 Å². The second-order valence-electron chi connectivity index (χ2n) is 2.88. The molecule has 0 aliphatic carbocycles. The molecule has 3 heteroatoms. The van der Waals surface area contributed by atoms with E-state index in [0.29, 0.717) is 0 Å². The molecule has 0 fully saturated rings. The molecule has 1 aromatic carbocycles. The number of nitrogens with one attached hydrogen (secondary N) is 2. The topological polar surface area (TPSA) is 41.1 Å². The quantitative estimate of drug-likeness (QED) is 0.686. The third kappa shape index (κ3) is 2.47. The van der Waals surface area contributed by atoms with Crippen LogP contribution < -0.4 is 10.6 Å². The smallest absolute Gasteiger partial charge is 0.207 e. The summed E-state index contributed by atoms with van der Waals surface area (Å²) in [6.45, 7) is 1.95. The van der Waals surface area contributed by atoms with Gasteiger partial charge in [0.05, 0.1) is 6.04 Å². The van der Waals surface area contributed by atoms with Crippen molar-refractivity contribution in [2.45, 2.75) is 13.0 Å². The van der Waals surface area contributed by atoms with Crippen molar-refractivity contribution in [3.05, 3.63) is 29.8 Å². The van der Waals surface area contributed by atoms with Crippen molar-refractivity contribution >= 4 is 12.1 Å². The summed E-state index contributed by atoms with van der Waals surface area (Å²) in [5.41, 5.74) is 2.17. The van der Waals surface area contributed by atoms with Crippen LogP contribution in [0.3, 0.4) is 0 Å². The summed E-state index contributed by atoms with van der Waals surface area (Å²) < 4.78 is 0. The average molecular weight is 178 g/mol. The highest BCUT2D eigenvalue weighted by atomic mass is 16.1. The first-order chi connectivity index (χ1) is 6.27. The van der Waals surface area contributed by atoms with Gasteiger partial charge < -0.3 is 10.6 Å². The molecule has 13 heavy (non-hydrogen) atoms. The lowest BCUT2D eigenvalue weighted by molar-refractivity contribution is -0.110. The van der Waals surface area contributed by atoms with Crippen LogP contribution in [-0.4, -0.2) is 13.5 Å². The minimum absolute atomic E-state index is 0.0726.